The Hall–Kier alpha value is -1.94. The van der Waals surface area contributed by atoms with Crippen LogP contribution >= 0.6 is 0 Å². The van der Waals surface area contributed by atoms with E-state index in [0.29, 0.717) is 5.69 Å². The summed E-state index contributed by atoms with van der Waals surface area (Å²) in [6, 6.07) is 5.24. The number of nitrogen functional groups attached to an aromatic ring is 1. The SMILES string of the molecule is Nc1ccncc1C(N)c1cccnc1. The number of rotatable bonds is 2. The average molecular weight is 200 g/mol. The Morgan fingerprint density at radius 3 is 2.53 bits per heavy atom. The molecule has 0 fully saturated rings. The van der Waals surface area contributed by atoms with E-state index in [9.17, 15) is 0 Å². The molecule has 76 valence electrons. The summed E-state index contributed by atoms with van der Waals surface area (Å²) in [6.45, 7) is 0. The largest absolute Gasteiger partial charge is 0.398 e. The summed E-state index contributed by atoms with van der Waals surface area (Å²) in [5, 5.41) is 0. The van der Waals surface area contributed by atoms with E-state index in [-0.39, 0.29) is 6.04 Å². The van der Waals surface area contributed by atoms with Crippen LogP contribution in [0, 0.1) is 0 Å². The Morgan fingerprint density at radius 1 is 1.07 bits per heavy atom. The maximum absolute atomic E-state index is 6.06. The molecule has 0 bridgehead atoms. The van der Waals surface area contributed by atoms with Gasteiger partial charge in [0.1, 0.15) is 0 Å². The molecule has 4 nitrogen and oxygen atoms in total. The van der Waals surface area contributed by atoms with Crippen molar-refractivity contribution in [3.8, 4) is 0 Å². The van der Waals surface area contributed by atoms with Crippen molar-refractivity contribution in [3.63, 3.8) is 0 Å². The molecule has 2 rings (SSSR count). The number of hydrogen-bond acceptors (Lipinski definition) is 4. The van der Waals surface area contributed by atoms with Crippen LogP contribution in [0.4, 0.5) is 5.69 Å². The Morgan fingerprint density at radius 2 is 1.87 bits per heavy atom. The molecule has 0 aromatic carbocycles. The van der Waals surface area contributed by atoms with E-state index in [1.165, 1.54) is 0 Å². The van der Waals surface area contributed by atoms with E-state index in [2.05, 4.69) is 9.97 Å². The molecule has 0 spiro atoms. The van der Waals surface area contributed by atoms with Crippen LogP contribution in [-0.4, -0.2) is 9.97 Å². The van der Waals surface area contributed by atoms with Gasteiger partial charge in [-0.1, -0.05) is 6.07 Å². The maximum atomic E-state index is 6.06. The van der Waals surface area contributed by atoms with Gasteiger partial charge in [0.2, 0.25) is 0 Å². The van der Waals surface area contributed by atoms with Crippen LogP contribution in [0.3, 0.4) is 0 Å². The van der Waals surface area contributed by atoms with Crippen molar-refractivity contribution in [2.24, 2.45) is 5.73 Å². The first-order valence-electron chi connectivity index (χ1n) is 4.64. The highest BCUT2D eigenvalue weighted by atomic mass is 14.7. The Labute approximate surface area is 88.0 Å². The molecule has 4 heteroatoms. The van der Waals surface area contributed by atoms with Gasteiger partial charge in [-0.15, -0.1) is 0 Å². The van der Waals surface area contributed by atoms with E-state index in [4.69, 9.17) is 11.5 Å². The predicted octanol–water partition coefficient (Wildman–Crippen LogP) is 1.11. The summed E-state index contributed by atoms with van der Waals surface area (Å²) in [5.41, 5.74) is 14.3. The van der Waals surface area contributed by atoms with Crippen LogP contribution in [0.15, 0.2) is 43.0 Å². The van der Waals surface area contributed by atoms with Crippen LogP contribution in [0.1, 0.15) is 17.2 Å². The summed E-state index contributed by atoms with van der Waals surface area (Å²) in [4.78, 5) is 8.03. The number of pyridine rings is 2. The highest BCUT2D eigenvalue weighted by Gasteiger charge is 2.11. The Kier molecular flexibility index (Phi) is 2.60. The fourth-order valence-electron chi connectivity index (χ4n) is 1.42. The smallest absolute Gasteiger partial charge is 0.0602 e. The second-order valence-corrected chi connectivity index (χ2v) is 3.27. The lowest BCUT2D eigenvalue weighted by atomic mass is 10.0. The highest BCUT2D eigenvalue weighted by molar-refractivity contribution is 5.48. The first-order chi connectivity index (χ1) is 7.29. The number of hydrogen-bond donors (Lipinski definition) is 2. The third-order valence-corrected chi connectivity index (χ3v) is 2.27. The summed E-state index contributed by atoms with van der Waals surface area (Å²) < 4.78 is 0. The normalized spacial score (nSPS) is 12.3. The molecule has 2 aromatic heterocycles. The monoisotopic (exact) mass is 200 g/mol. The molecule has 0 saturated carbocycles. The minimum absolute atomic E-state index is 0.271. The Bertz CT molecular complexity index is 441. The quantitative estimate of drug-likeness (QED) is 0.761. The average Bonchev–Trinajstić information content (AvgIpc) is 2.30. The van der Waals surface area contributed by atoms with Gasteiger partial charge in [0, 0.05) is 36.0 Å². The molecular formula is C11H12N4. The van der Waals surface area contributed by atoms with Crippen molar-refractivity contribution in [2.75, 3.05) is 5.73 Å². The molecule has 15 heavy (non-hydrogen) atoms. The number of nitrogens with zero attached hydrogens (tertiary/aromatic N) is 2. The van der Waals surface area contributed by atoms with Crippen LogP contribution in [-0.2, 0) is 0 Å². The predicted molar refractivity (Wildman–Crippen MR) is 58.9 cm³/mol. The summed E-state index contributed by atoms with van der Waals surface area (Å²) >= 11 is 0. The molecule has 0 aliphatic carbocycles. The van der Waals surface area contributed by atoms with Crippen LogP contribution in [0.25, 0.3) is 0 Å². The van der Waals surface area contributed by atoms with Crippen molar-refractivity contribution >= 4 is 5.69 Å². The lowest BCUT2D eigenvalue weighted by Gasteiger charge is -2.13. The summed E-state index contributed by atoms with van der Waals surface area (Å²) in [7, 11) is 0. The van der Waals surface area contributed by atoms with Crippen LogP contribution in [0.5, 0.6) is 0 Å². The fraction of sp³-hybridized carbons (Fsp3) is 0.0909. The van der Waals surface area contributed by atoms with Gasteiger partial charge >= 0.3 is 0 Å². The van der Waals surface area contributed by atoms with Crippen LogP contribution < -0.4 is 11.5 Å². The minimum Gasteiger partial charge on any atom is -0.398 e. The van der Waals surface area contributed by atoms with Crippen molar-refractivity contribution in [1.82, 2.24) is 9.97 Å². The van der Waals surface area contributed by atoms with Crippen molar-refractivity contribution < 1.29 is 0 Å². The molecule has 0 aliphatic heterocycles. The van der Waals surface area contributed by atoms with E-state index >= 15 is 0 Å². The molecule has 1 atom stereocenters. The number of nitrogens with two attached hydrogens (primary N) is 2. The van der Waals surface area contributed by atoms with Gasteiger partial charge in [-0.3, -0.25) is 9.97 Å². The second-order valence-electron chi connectivity index (χ2n) is 3.27. The van der Waals surface area contributed by atoms with E-state index < -0.39 is 0 Å². The molecular weight excluding hydrogens is 188 g/mol. The minimum atomic E-state index is -0.271. The maximum Gasteiger partial charge on any atom is 0.0602 e. The van der Waals surface area contributed by atoms with Crippen molar-refractivity contribution in [3.05, 3.63) is 54.1 Å². The summed E-state index contributed by atoms with van der Waals surface area (Å²) in [6.07, 6.45) is 6.78. The van der Waals surface area contributed by atoms with Gasteiger partial charge in [0.05, 0.1) is 6.04 Å². The molecule has 4 N–H and O–H groups in total. The molecule has 2 aromatic rings. The first kappa shape index (κ1) is 9.61. The second kappa shape index (κ2) is 4.06. The van der Waals surface area contributed by atoms with Gasteiger partial charge in [0.15, 0.2) is 0 Å². The third-order valence-electron chi connectivity index (χ3n) is 2.27. The lowest BCUT2D eigenvalue weighted by Crippen LogP contribution is -2.14. The van der Waals surface area contributed by atoms with Gasteiger partial charge in [0.25, 0.3) is 0 Å². The zero-order valence-electron chi connectivity index (χ0n) is 8.17. The lowest BCUT2D eigenvalue weighted by molar-refractivity contribution is 0.858. The molecule has 0 aliphatic rings. The highest BCUT2D eigenvalue weighted by Crippen LogP contribution is 2.22. The number of anilines is 1. The standard InChI is InChI=1S/C11H12N4/c12-10-3-5-15-7-9(10)11(13)8-2-1-4-14-6-8/h1-7,11H,13H2,(H2,12,15). The van der Waals surface area contributed by atoms with Gasteiger partial charge < -0.3 is 11.5 Å². The van der Waals surface area contributed by atoms with Crippen molar-refractivity contribution in [2.45, 2.75) is 6.04 Å². The first-order valence-corrected chi connectivity index (χ1v) is 4.64. The van der Waals surface area contributed by atoms with E-state index in [0.717, 1.165) is 11.1 Å². The summed E-state index contributed by atoms with van der Waals surface area (Å²) in [5.74, 6) is 0. The Balaban J connectivity index is 2.37. The molecule has 0 saturated heterocycles. The molecule has 0 radical (unpaired) electrons. The van der Waals surface area contributed by atoms with E-state index in [1.807, 2.05) is 12.1 Å². The molecule has 2 heterocycles. The molecule has 0 amide bonds. The fourth-order valence-corrected chi connectivity index (χ4v) is 1.42. The van der Waals surface area contributed by atoms with Gasteiger partial charge in [-0.2, -0.15) is 0 Å². The van der Waals surface area contributed by atoms with Gasteiger partial charge in [-0.05, 0) is 17.7 Å². The zero-order valence-corrected chi connectivity index (χ0v) is 8.17. The topological polar surface area (TPSA) is 77.8 Å². The third kappa shape index (κ3) is 1.94. The van der Waals surface area contributed by atoms with E-state index in [1.54, 1.807) is 30.9 Å². The number of aromatic nitrogens is 2. The molecule has 1 unspecified atom stereocenters. The zero-order chi connectivity index (χ0) is 10.7. The van der Waals surface area contributed by atoms with Gasteiger partial charge in [-0.25, -0.2) is 0 Å². The van der Waals surface area contributed by atoms with Crippen molar-refractivity contribution in [1.29, 1.82) is 0 Å². The van der Waals surface area contributed by atoms with Crippen LogP contribution in [0.2, 0.25) is 0 Å².